The average Bonchev–Trinajstić information content (AvgIpc) is 2.97. The molecule has 2 atom stereocenters. The minimum atomic E-state index is -0.531. The van der Waals surface area contributed by atoms with Gasteiger partial charge in [0.25, 0.3) is 5.91 Å². The highest BCUT2D eigenvalue weighted by atomic mass is 35.5. The fourth-order valence-electron chi connectivity index (χ4n) is 3.35. The molecular formula is C15H18ClFN2O. The molecule has 0 aliphatic carbocycles. The van der Waals surface area contributed by atoms with E-state index in [1.54, 1.807) is 17.9 Å². The summed E-state index contributed by atoms with van der Waals surface area (Å²) in [5.74, 6) is -0.300. The molecule has 2 aliphatic rings. The molecule has 3 nitrogen and oxygen atoms in total. The van der Waals surface area contributed by atoms with Crippen molar-refractivity contribution in [3.05, 3.63) is 34.1 Å². The van der Waals surface area contributed by atoms with Gasteiger partial charge >= 0.3 is 0 Å². The van der Waals surface area contributed by atoms with Gasteiger partial charge in [-0.1, -0.05) is 17.7 Å². The molecule has 0 radical (unpaired) electrons. The monoisotopic (exact) mass is 296 g/mol. The number of hydrogen-bond acceptors (Lipinski definition) is 2. The highest BCUT2D eigenvalue weighted by Gasteiger charge is 2.42. The van der Waals surface area contributed by atoms with Crippen LogP contribution in [0, 0.1) is 18.7 Å². The molecule has 0 N–H and O–H groups in total. The molecule has 0 saturated carbocycles. The largest absolute Gasteiger partial charge is 0.337 e. The van der Waals surface area contributed by atoms with Crippen LogP contribution in [0.5, 0.6) is 0 Å². The van der Waals surface area contributed by atoms with E-state index < -0.39 is 5.82 Å². The Morgan fingerprint density at radius 1 is 1.40 bits per heavy atom. The first-order chi connectivity index (χ1) is 9.49. The molecule has 20 heavy (non-hydrogen) atoms. The summed E-state index contributed by atoms with van der Waals surface area (Å²) in [4.78, 5) is 16.6. The fourth-order valence-corrected chi connectivity index (χ4v) is 3.58. The number of halogens is 2. The summed E-state index contributed by atoms with van der Waals surface area (Å²) in [6.07, 6.45) is 1.11. The highest BCUT2D eigenvalue weighted by molar-refractivity contribution is 6.34. The Morgan fingerprint density at radius 3 is 2.85 bits per heavy atom. The van der Waals surface area contributed by atoms with Gasteiger partial charge in [0.05, 0.1) is 10.6 Å². The third kappa shape index (κ3) is 2.11. The molecular weight excluding hydrogens is 279 g/mol. The molecule has 108 valence electrons. The number of amides is 1. The summed E-state index contributed by atoms with van der Waals surface area (Å²) in [5.41, 5.74) is 0.752. The zero-order chi connectivity index (χ0) is 14.4. The first-order valence-electron chi connectivity index (χ1n) is 6.93. The lowest BCUT2D eigenvalue weighted by Crippen LogP contribution is -2.35. The molecule has 2 heterocycles. The third-order valence-corrected chi connectivity index (χ3v) is 5.10. The number of likely N-dealkylation sites (tertiary alicyclic amines) is 2. The molecule has 3 rings (SSSR count). The molecule has 1 aromatic carbocycles. The minimum Gasteiger partial charge on any atom is -0.337 e. The van der Waals surface area contributed by atoms with Crippen LogP contribution >= 0.6 is 11.6 Å². The van der Waals surface area contributed by atoms with Crippen LogP contribution in [-0.4, -0.2) is 48.4 Å². The van der Waals surface area contributed by atoms with Crippen molar-refractivity contribution in [2.75, 3.05) is 26.7 Å². The highest BCUT2D eigenvalue weighted by Crippen LogP contribution is 2.32. The van der Waals surface area contributed by atoms with Gasteiger partial charge < -0.3 is 9.80 Å². The van der Waals surface area contributed by atoms with E-state index in [0.717, 1.165) is 18.5 Å². The zero-order valence-corrected chi connectivity index (χ0v) is 12.5. The van der Waals surface area contributed by atoms with E-state index >= 15 is 0 Å². The molecule has 2 fully saturated rings. The summed E-state index contributed by atoms with van der Waals surface area (Å²) < 4.78 is 14.0. The van der Waals surface area contributed by atoms with E-state index in [4.69, 9.17) is 11.6 Å². The van der Waals surface area contributed by atoms with Crippen molar-refractivity contribution in [1.82, 2.24) is 9.80 Å². The normalized spacial score (nSPS) is 26.1. The van der Waals surface area contributed by atoms with Crippen LogP contribution < -0.4 is 0 Å². The standard InChI is InChI=1S/C15H18ClFN2O/c1-9-3-4-11(17)13(14(9)16)15(20)19-7-10-5-6-18(2)12(10)8-19/h3-4,10,12H,5-8H2,1-2H3/t10-,12+/m1/s1. The Morgan fingerprint density at radius 2 is 2.15 bits per heavy atom. The molecule has 1 amide bonds. The van der Waals surface area contributed by atoms with Crippen molar-refractivity contribution in [3.8, 4) is 0 Å². The topological polar surface area (TPSA) is 23.6 Å². The van der Waals surface area contributed by atoms with Gasteiger partial charge in [0, 0.05) is 19.1 Å². The van der Waals surface area contributed by atoms with Crippen LogP contribution in [0.3, 0.4) is 0 Å². The van der Waals surface area contributed by atoms with E-state index in [0.29, 0.717) is 25.0 Å². The summed E-state index contributed by atoms with van der Waals surface area (Å²) in [6, 6.07) is 3.32. The summed E-state index contributed by atoms with van der Waals surface area (Å²) >= 11 is 6.12. The van der Waals surface area contributed by atoms with Gasteiger partial charge in [-0.25, -0.2) is 4.39 Å². The fraction of sp³-hybridized carbons (Fsp3) is 0.533. The maximum Gasteiger partial charge on any atom is 0.258 e. The number of fused-ring (bicyclic) bond motifs is 1. The predicted molar refractivity (Wildman–Crippen MR) is 76.6 cm³/mol. The Balaban J connectivity index is 1.86. The molecule has 0 spiro atoms. The smallest absolute Gasteiger partial charge is 0.258 e. The molecule has 5 heteroatoms. The van der Waals surface area contributed by atoms with Gasteiger partial charge in [0.2, 0.25) is 0 Å². The van der Waals surface area contributed by atoms with Gasteiger partial charge in [-0.2, -0.15) is 0 Å². The number of benzene rings is 1. The molecule has 0 bridgehead atoms. The number of likely N-dealkylation sites (N-methyl/N-ethyl adjacent to an activating group) is 1. The lowest BCUT2D eigenvalue weighted by atomic mass is 10.1. The van der Waals surface area contributed by atoms with E-state index in [9.17, 15) is 9.18 Å². The van der Waals surface area contributed by atoms with E-state index in [-0.39, 0.29) is 16.5 Å². The molecule has 2 aliphatic heterocycles. The van der Waals surface area contributed by atoms with E-state index in [1.165, 1.54) is 6.07 Å². The van der Waals surface area contributed by atoms with E-state index in [2.05, 4.69) is 11.9 Å². The summed E-state index contributed by atoms with van der Waals surface area (Å²) in [5, 5.41) is 0.236. The predicted octanol–water partition coefficient (Wildman–Crippen LogP) is 2.56. The van der Waals surface area contributed by atoms with Crippen LogP contribution in [0.1, 0.15) is 22.3 Å². The van der Waals surface area contributed by atoms with Crippen LogP contribution in [0.2, 0.25) is 5.02 Å². The van der Waals surface area contributed by atoms with Crippen molar-refractivity contribution < 1.29 is 9.18 Å². The third-order valence-electron chi connectivity index (χ3n) is 4.61. The van der Waals surface area contributed by atoms with Crippen LogP contribution in [0.15, 0.2) is 12.1 Å². The van der Waals surface area contributed by atoms with Gasteiger partial charge in [-0.15, -0.1) is 0 Å². The number of carbonyl (C=O) groups is 1. The maximum atomic E-state index is 14.0. The molecule has 0 unspecified atom stereocenters. The van der Waals surface area contributed by atoms with Crippen LogP contribution in [0.4, 0.5) is 4.39 Å². The summed E-state index contributed by atoms with van der Waals surface area (Å²) in [6.45, 7) is 4.24. The van der Waals surface area contributed by atoms with Crippen LogP contribution in [-0.2, 0) is 0 Å². The van der Waals surface area contributed by atoms with Crippen molar-refractivity contribution in [2.24, 2.45) is 5.92 Å². The van der Waals surface area contributed by atoms with Gasteiger partial charge in [-0.05, 0) is 44.5 Å². The number of hydrogen-bond donors (Lipinski definition) is 0. The average molecular weight is 297 g/mol. The molecule has 1 aromatic rings. The Kier molecular flexibility index (Phi) is 3.46. The Bertz CT molecular complexity index is 563. The molecule has 0 aromatic heterocycles. The van der Waals surface area contributed by atoms with Crippen molar-refractivity contribution in [3.63, 3.8) is 0 Å². The second-order valence-electron chi connectivity index (χ2n) is 5.86. The molecule has 2 saturated heterocycles. The van der Waals surface area contributed by atoms with Crippen molar-refractivity contribution >= 4 is 17.5 Å². The quantitative estimate of drug-likeness (QED) is 0.795. The lowest BCUT2D eigenvalue weighted by Gasteiger charge is -2.21. The Labute approximate surface area is 123 Å². The first-order valence-corrected chi connectivity index (χ1v) is 7.31. The van der Waals surface area contributed by atoms with Gasteiger partial charge in [0.1, 0.15) is 5.82 Å². The van der Waals surface area contributed by atoms with Gasteiger partial charge in [-0.3, -0.25) is 4.79 Å². The second-order valence-corrected chi connectivity index (χ2v) is 6.24. The lowest BCUT2D eigenvalue weighted by molar-refractivity contribution is 0.0770. The van der Waals surface area contributed by atoms with E-state index in [1.807, 2.05) is 0 Å². The SMILES string of the molecule is Cc1ccc(F)c(C(=O)N2C[C@H]3CCN(C)[C@H]3C2)c1Cl. The second kappa shape index (κ2) is 5.01. The number of aryl methyl sites for hydroxylation is 1. The van der Waals surface area contributed by atoms with Gasteiger partial charge in [0.15, 0.2) is 0 Å². The number of nitrogens with zero attached hydrogens (tertiary/aromatic N) is 2. The minimum absolute atomic E-state index is 0.0225. The zero-order valence-electron chi connectivity index (χ0n) is 11.7. The number of carbonyl (C=O) groups excluding carboxylic acids is 1. The Hall–Kier alpha value is -1.13. The summed E-state index contributed by atoms with van der Waals surface area (Å²) in [7, 11) is 2.08. The van der Waals surface area contributed by atoms with Crippen molar-refractivity contribution in [2.45, 2.75) is 19.4 Å². The first kappa shape index (κ1) is 13.8. The number of rotatable bonds is 1. The van der Waals surface area contributed by atoms with Crippen LogP contribution in [0.25, 0.3) is 0 Å². The van der Waals surface area contributed by atoms with Crippen molar-refractivity contribution in [1.29, 1.82) is 0 Å². The maximum absolute atomic E-state index is 14.0.